The third kappa shape index (κ3) is 7.15. The minimum Gasteiger partial charge on any atom is -0.462 e. The Morgan fingerprint density at radius 2 is 1.51 bits per heavy atom. The van der Waals surface area contributed by atoms with Gasteiger partial charge in [-0.1, -0.05) is 43.5 Å². The van der Waals surface area contributed by atoms with Gasteiger partial charge in [0.05, 0.1) is 13.2 Å². The predicted octanol–water partition coefficient (Wildman–Crippen LogP) is 7.03. The van der Waals surface area contributed by atoms with Gasteiger partial charge in [0.2, 0.25) is 0 Å². The second-order valence-corrected chi connectivity index (χ2v) is 8.21. The monoisotopic (exact) mass is 471 g/mol. The number of esters is 1. The van der Waals surface area contributed by atoms with Crippen molar-refractivity contribution < 1.29 is 19.3 Å². The fourth-order valence-electron chi connectivity index (χ4n) is 3.58. The summed E-state index contributed by atoms with van der Waals surface area (Å²) in [5.74, 6) is -0.405. The molecule has 0 fully saturated rings. The quantitative estimate of drug-likeness (QED) is 0.0933. The van der Waals surface area contributed by atoms with E-state index in [1.165, 1.54) is 17.2 Å². The van der Waals surface area contributed by atoms with E-state index in [1.807, 2.05) is 19.1 Å². The molecule has 0 N–H and O–H groups in total. The summed E-state index contributed by atoms with van der Waals surface area (Å²) in [4.78, 5) is 23.6. The number of carbonyl (C=O) groups is 1. The summed E-state index contributed by atoms with van der Waals surface area (Å²) in [6, 6.07) is 23.0. The molecule has 0 aliphatic rings. The fourth-order valence-corrected chi connectivity index (χ4v) is 3.58. The van der Waals surface area contributed by atoms with E-state index in [-0.39, 0.29) is 0 Å². The van der Waals surface area contributed by atoms with Crippen LogP contribution in [0.2, 0.25) is 0 Å². The van der Waals surface area contributed by atoms with E-state index >= 15 is 0 Å². The Morgan fingerprint density at radius 3 is 2.11 bits per heavy atom. The predicted molar refractivity (Wildman–Crippen MR) is 142 cm³/mol. The molecule has 3 aromatic rings. The highest BCUT2D eigenvalue weighted by molar-refractivity contribution is 5.81. The Morgan fingerprint density at radius 1 is 0.886 bits per heavy atom. The molecule has 0 aliphatic heterocycles. The SMILES string of the molecule is C=CC(=O)OCCc1ccc(N(c2ccc(C(=C)COOCC)cc2)c2ccc(C)c(C)c2)cc1. The maximum Gasteiger partial charge on any atom is 0.330 e. The number of aryl methyl sites for hydroxylation is 2. The lowest BCUT2D eigenvalue weighted by molar-refractivity contribution is -0.280. The van der Waals surface area contributed by atoms with Gasteiger partial charge >= 0.3 is 5.97 Å². The Kier molecular flexibility index (Phi) is 9.41. The van der Waals surface area contributed by atoms with Crippen molar-refractivity contribution >= 4 is 28.6 Å². The molecule has 0 aromatic heterocycles. The molecule has 0 saturated carbocycles. The van der Waals surface area contributed by atoms with Gasteiger partial charge in [-0.25, -0.2) is 14.6 Å². The summed E-state index contributed by atoms with van der Waals surface area (Å²) in [6.45, 7) is 14.8. The Bertz CT molecular complexity index is 1150. The number of anilines is 3. The van der Waals surface area contributed by atoms with E-state index < -0.39 is 5.97 Å². The van der Waals surface area contributed by atoms with Crippen molar-refractivity contribution in [1.82, 2.24) is 0 Å². The van der Waals surface area contributed by atoms with Crippen LogP contribution in [0.25, 0.3) is 5.57 Å². The molecule has 0 unspecified atom stereocenters. The summed E-state index contributed by atoms with van der Waals surface area (Å²) < 4.78 is 5.11. The summed E-state index contributed by atoms with van der Waals surface area (Å²) in [7, 11) is 0. The van der Waals surface area contributed by atoms with Crippen molar-refractivity contribution in [3.63, 3.8) is 0 Å². The lowest BCUT2D eigenvalue weighted by Crippen LogP contribution is -2.11. The van der Waals surface area contributed by atoms with Crippen molar-refractivity contribution in [2.75, 3.05) is 24.7 Å². The molecule has 0 bridgehead atoms. The topological polar surface area (TPSA) is 48.0 Å². The molecule has 0 amide bonds. The summed E-state index contributed by atoms with van der Waals surface area (Å²) in [5, 5.41) is 0. The third-order valence-corrected chi connectivity index (χ3v) is 5.71. The number of ether oxygens (including phenoxy) is 1. The summed E-state index contributed by atoms with van der Waals surface area (Å²) in [6.07, 6.45) is 1.82. The molecule has 3 rings (SSSR count). The smallest absolute Gasteiger partial charge is 0.330 e. The lowest BCUT2D eigenvalue weighted by Gasteiger charge is -2.26. The highest BCUT2D eigenvalue weighted by atomic mass is 17.2. The minimum atomic E-state index is -0.405. The molecule has 0 spiro atoms. The van der Waals surface area contributed by atoms with Crippen LogP contribution in [0.15, 0.2) is 86.0 Å². The van der Waals surface area contributed by atoms with Gasteiger partial charge in [0.1, 0.15) is 6.61 Å². The van der Waals surface area contributed by atoms with E-state index in [0.29, 0.717) is 26.2 Å². The molecule has 5 nitrogen and oxygen atoms in total. The lowest BCUT2D eigenvalue weighted by atomic mass is 10.0. The zero-order valence-corrected chi connectivity index (χ0v) is 20.8. The first kappa shape index (κ1) is 25.9. The zero-order valence-electron chi connectivity index (χ0n) is 20.8. The van der Waals surface area contributed by atoms with E-state index in [4.69, 9.17) is 14.5 Å². The number of rotatable bonds is 12. The molecule has 0 radical (unpaired) electrons. The Hall–Kier alpha value is -3.67. The minimum absolute atomic E-state index is 0.317. The maximum absolute atomic E-state index is 11.3. The summed E-state index contributed by atoms with van der Waals surface area (Å²) >= 11 is 0. The standard InChI is InChI=1S/C30H33NO4/c1-6-30(32)33-19-18-25-9-14-27(15-10-25)31(29-13-8-22(3)23(4)20-29)28-16-11-26(12-17-28)24(5)21-35-34-7-2/h6,8-17,20H,1,5,7,18-19,21H2,2-4H3. The van der Waals surface area contributed by atoms with Gasteiger partial charge in [0.25, 0.3) is 0 Å². The number of carbonyl (C=O) groups excluding carboxylic acids is 1. The van der Waals surface area contributed by atoms with Crippen molar-refractivity contribution in [3.8, 4) is 0 Å². The Labute approximate surface area is 208 Å². The van der Waals surface area contributed by atoms with Crippen LogP contribution >= 0.6 is 0 Å². The van der Waals surface area contributed by atoms with Gasteiger partial charge < -0.3 is 9.64 Å². The van der Waals surface area contributed by atoms with Crippen LogP contribution < -0.4 is 4.90 Å². The Balaban J connectivity index is 1.86. The molecule has 3 aromatic carbocycles. The maximum atomic E-state index is 11.3. The number of hydrogen-bond acceptors (Lipinski definition) is 5. The molecular weight excluding hydrogens is 438 g/mol. The van der Waals surface area contributed by atoms with Crippen LogP contribution in [0.4, 0.5) is 17.1 Å². The van der Waals surface area contributed by atoms with E-state index in [9.17, 15) is 4.79 Å². The van der Waals surface area contributed by atoms with Gasteiger partial charge in [0.15, 0.2) is 0 Å². The second kappa shape index (κ2) is 12.7. The van der Waals surface area contributed by atoms with Gasteiger partial charge in [-0.05, 0) is 85.0 Å². The molecule has 0 heterocycles. The molecule has 0 aliphatic carbocycles. The van der Waals surface area contributed by atoms with Crippen LogP contribution in [0, 0.1) is 13.8 Å². The highest BCUT2D eigenvalue weighted by Crippen LogP contribution is 2.36. The number of hydrogen-bond donors (Lipinski definition) is 0. The van der Waals surface area contributed by atoms with E-state index in [2.05, 4.69) is 86.5 Å². The average molecular weight is 472 g/mol. The highest BCUT2D eigenvalue weighted by Gasteiger charge is 2.14. The average Bonchev–Trinajstić information content (AvgIpc) is 2.87. The summed E-state index contributed by atoms with van der Waals surface area (Å²) in [5.41, 5.74) is 8.56. The molecular formula is C30H33NO4. The first-order valence-electron chi connectivity index (χ1n) is 11.7. The van der Waals surface area contributed by atoms with Crippen molar-refractivity contribution in [1.29, 1.82) is 0 Å². The fraction of sp³-hybridized carbons (Fsp3) is 0.233. The van der Waals surface area contributed by atoms with Crippen LogP contribution in [0.5, 0.6) is 0 Å². The molecule has 0 saturated heterocycles. The molecule has 35 heavy (non-hydrogen) atoms. The van der Waals surface area contributed by atoms with Crippen molar-refractivity contribution in [3.05, 3.63) is 108 Å². The van der Waals surface area contributed by atoms with E-state index in [0.717, 1.165) is 33.8 Å². The van der Waals surface area contributed by atoms with Gasteiger partial charge in [-0.15, -0.1) is 0 Å². The molecule has 182 valence electrons. The first-order valence-corrected chi connectivity index (χ1v) is 11.7. The number of benzene rings is 3. The first-order chi connectivity index (χ1) is 16.9. The van der Waals surface area contributed by atoms with Crippen LogP contribution in [0.3, 0.4) is 0 Å². The van der Waals surface area contributed by atoms with Crippen molar-refractivity contribution in [2.45, 2.75) is 27.2 Å². The van der Waals surface area contributed by atoms with Crippen LogP contribution in [-0.2, 0) is 25.7 Å². The second-order valence-electron chi connectivity index (χ2n) is 8.21. The van der Waals surface area contributed by atoms with Crippen LogP contribution in [-0.4, -0.2) is 25.8 Å². The zero-order chi connectivity index (χ0) is 25.2. The van der Waals surface area contributed by atoms with Crippen molar-refractivity contribution in [2.24, 2.45) is 0 Å². The van der Waals surface area contributed by atoms with E-state index in [1.54, 1.807) is 0 Å². The third-order valence-electron chi connectivity index (χ3n) is 5.71. The van der Waals surface area contributed by atoms with Gasteiger partial charge in [0, 0.05) is 29.6 Å². The molecule has 0 atom stereocenters. The molecule has 5 heteroatoms. The van der Waals surface area contributed by atoms with Gasteiger partial charge in [-0.3, -0.25) is 0 Å². The normalized spacial score (nSPS) is 10.6. The number of nitrogens with zero attached hydrogens (tertiary/aromatic N) is 1. The van der Waals surface area contributed by atoms with Crippen LogP contribution in [0.1, 0.15) is 29.2 Å². The largest absolute Gasteiger partial charge is 0.462 e. The van der Waals surface area contributed by atoms with Gasteiger partial charge in [-0.2, -0.15) is 0 Å².